The molecule has 0 amide bonds. The minimum Gasteiger partial charge on any atom is -0.300 e. The predicted octanol–water partition coefficient (Wildman–Crippen LogP) is 3.56. The van der Waals surface area contributed by atoms with Gasteiger partial charge in [-0.15, -0.1) is 0 Å². The molecule has 0 unspecified atom stereocenters. The lowest BCUT2D eigenvalue weighted by Crippen LogP contribution is -2.10. The van der Waals surface area contributed by atoms with Gasteiger partial charge in [-0.1, -0.05) is 12.1 Å². The van der Waals surface area contributed by atoms with Crippen LogP contribution in [0.25, 0.3) is 0 Å². The number of nitro groups is 2. The summed E-state index contributed by atoms with van der Waals surface area (Å²) < 4.78 is 0. The van der Waals surface area contributed by atoms with Gasteiger partial charge in [-0.3, -0.25) is 25.7 Å². The number of aryl methyl sites for hydroxylation is 2. The number of nitrogens with zero attached hydrogens (tertiary/aromatic N) is 2. The standard InChI is InChI=1S/C14H14N4O4/c1-9-3-6-12(14(7-9)18(21)22)16-15-11-5-4-10(2)13(8-11)17(19)20/h3-8,15-16H,1-2H3. The lowest BCUT2D eigenvalue weighted by atomic mass is 10.2. The summed E-state index contributed by atoms with van der Waals surface area (Å²) in [5, 5.41) is 21.9. The Morgan fingerprint density at radius 2 is 1.55 bits per heavy atom. The number of benzene rings is 2. The molecule has 8 nitrogen and oxygen atoms in total. The zero-order valence-corrected chi connectivity index (χ0v) is 12.0. The van der Waals surface area contributed by atoms with Crippen LogP contribution in [0.15, 0.2) is 36.4 Å². The molecule has 0 radical (unpaired) electrons. The third-order valence-corrected chi connectivity index (χ3v) is 3.10. The van der Waals surface area contributed by atoms with E-state index in [0.29, 0.717) is 11.3 Å². The van der Waals surface area contributed by atoms with E-state index in [2.05, 4.69) is 10.9 Å². The first-order valence-electron chi connectivity index (χ1n) is 6.40. The van der Waals surface area contributed by atoms with Crippen molar-refractivity contribution in [2.45, 2.75) is 13.8 Å². The van der Waals surface area contributed by atoms with Crippen molar-refractivity contribution in [1.29, 1.82) is 0 Å². The molecule has 2 rings (SSSR count). The monoisotopic (exact) mass is 302 g/mol. The summed E-state index contributed by atoms with van der Waals surface area (Å²) >= 11 is 0. The van der Waals surface area contributed by atoms with Crippen LogP contribution in [-0.2, 0) is 0 Å². The molecule has 0 aliphatic carbocycles. The molecule has 0 spiro atoms. The highest BCUT2D eigenvalue weighted by atomic mass is 16.6. The second-order valence-corrected chi connectivity index (χ2v) is 4.79. The van der Waals surface area contributed by atoms with E-state index >= 15 is 0 Å². The van der Waals surface area contributed by atoms with Crippen molar-refractivity contribution < 1.29 is 9.85 Å². The third kappa shape index (κ3) is 3.29. The summed E-state index contributed by atoms with van der Waals surface area (Å²) in [6.45, 7) is 3.40. The summed E-state index contributed by atoms with van der Waals surface area (Å²) in [5.41, 5.74) is 7.37. The van der Waals surface area contributed by atoms with Gasteiger partial charge in [0.1, 0.15) is 5.69 Å². The van der Waals surface area contributed by atoms with Gasteiger partial charge in [0.15, 0.2) is 0 Å². The van der Waals surface area contributed by atoms with Gasteiger partial charge < -0.3 is 5.43 Å². The van der Waals surface area contributed by atoms with Gasteiger partial charge in [-0.05, 0) is 31.5 Å². The number of rotatable bonds is 5. The molecule has 8 heteroatoms. The predicted molar refractivity (Wildman–Crippen MR) is 82.9 cm³/mol. The van der Waals surface area contributed by atoms with E-state index in [1.807, 2.05) is 0 Å². The lowest BCUT2D eigenvalue weighted by molar-refractivity contribution is -0.385. The molecule has 0 aliphatic rings. The van der Waals surface area contributed by atoms with Crippen LogP contribution in [0.4, 0.5) is 22.7 Å². The highest BCUT2D eigenvalue weighted by molar-refractivity contribution is 5.66. The van der Waals surface area contributed by atoms with E-state index in [4.69, 9.17) is 0 Å². The van der Waals surface area contributed by atoms with Crippen LogP contribution >= 0.6 is 0 Å². The smallest absolute Gasteiger partial charge is 0.294 e. The minimum atomic E-state index is -0.491. The van der Waals surface area contributed by atoms with Crippen molar-refractivity contribution >= 4 is 22.7 Å². The Kier molecular flexibility index (Phi) is 4.21. The highest BCUT2D eigenvalue weighted by Crippen LogP contribution is 2.26. The van der Waals surface area contributed by atoms with Crippen molar-refractivity contribution in [3.8, 4) is 0 Å². The van der Waals surface area contributed by atoms with Crippen molar-refractivity contribution in [2.24, 2.45) is 0 Å². The summed E-state index contributed by atoms with van der Waals surface area (Å²) in [6, 6.07) is 9.36. The maximum Gasteiger partial charge on any atom is 0.294 e. The van der Waals surface area contributed by atoms with E-state index in [1.165, 1.54) is 12.1 Å². The molecule has 0 fully saturated rings. The molecule has 0 saturated heterocycles. The number of nitro benzene ring substituents is 2. The molecule has 0 heterocycles. The molecule has 2 aromatic rings. The van der Waals surface area contributed by atoms with E-state index in [1.54, 1.807) is 38.1 Å². The highest BCUT2D eigenvalue weighted by Gasteiger charge is 2.14. The fourth-order valence-corrected chi connectivity index (χ4v) is 1.92. The van der Waals surface area contributed by atoms with Crippen LogP contribution in [0.3, 0.4) is 0 Å². The largest absolute Gasteiger partial charge is 0.300 e. The Hall–Kier alpha value is -3.16. The first-order chi connectivity index (χ1) is 10.4. The molecule has 0 atom stereocenters. The number of hydrogen-bond acceptors (Lipinski definition) is 6. The number of hydrogen-bond donors (Lipinski definition) is 2. The molecular formula is C14H14N4O4. The zero-order chi connectivity index (χ0) is 16.3. The minimum absolute atomic E-state index is 0.0230. The van der Waals surface area contributed by atoms with Gasteiger partial charge in [0.2, 0.25) is 0 Å². The van der Waals surface area contributed by atoms with Gasteiger partial charge in [-0.2, -0.15) is 0 Å². The van der Waals surface area contributed by atoms with Crippen LogP contribution in [0.1, 0.15) is 11.1 Å². The van der Waals surface area contributed by atoms with Crippen LogP contribution in [0.2, 0.25) is 0 Å². The second kappa shape index (κ2) is 6.08. The molecule has 0 saturated carbocycles. The van der Waals surface area contributed by atoms with Gasteiger partial charge in [0, 0.05) is 17.7 Å². The molecule has 0 aliphatic heterocycles. The molecule has 0 aromatic heterocycles. The van der Waals surface area contributed by atoms with Crippen LogP contribution in [0, 0.1) is 34.1 Å². The van der Waals surface area contributed by atoms with Crippen molar-refractivity contribution in [2.75, 3.05) is 10.9 Å². The van der Waals surface area contributed by atoms with E-state index in [0.717, 1.165) is 5.56 Å². The molecule has 2 N–H and O–H groups in total. The van der Waals surface area contributed by atoms with E-state index < -0.39 is 9.85 Å². The Labute approximate surface area is 126 Å². The van der Waals surface area contributed by atoms with Crippen molar-refractivity contribution in [3.05, 3.63) is 67.8 Å². The van der Waals surface area contributed by atoms with Gasteiger partial charge >= 0.3 is 0 Å². The topological polar surface area (TPSA) is 110 Å². The second-order valence-electron chi connectivity index (χ2n) is 4.79. The molecular weight excluding hydrogens is 288 g/mol. The first kappa shape index (κ1) is 15.2. The van der Waals surface area contributed by atoms with E-state index in [-0.39, 0.29) is 17.1 Å². The fourth-order valence-electron chi connectivity index (χ4n) is 1.92. The Morgan fingerprint density at radius 1 is 0.864 bits per heavy atom. The molecule has 2 aromatic carbocycles. The maximum atomic E-state index is 11.0. The fraction of sp³-hybridized carbons (Fsp3) is 0.143. The van der Waals surface area contributed by atoms with Crippen LogP contribution in [-0.4, -0.2) is 9.85 Å². The maximum absolute atomic E-state index is 11.0. The summed E-state index contributed by atoms with van der Waals surface area (Å²) in [6.07, 6.45) is 0. The summed E-state index contributed by atoms with van der Waals surface area (Å²) in [5.74, 6) is 0. The SMILES string of the molecule is Cc1ccc(NNc2ccc(C)c([N+](=O)[O-])c2)c([N+](=O)[O-])c1. The van der Waals surface area contributed by atoms with Crippen molar-refractivity contribution in [3.63, 3.8) is 0 Å². The molecule has 0 bridgehead atoms. The lowest BCUT2D eigenvalue weighted by Gasteiger charge is -2.11. The van der Waals surface area contributed by atoms with Crippen LogP contribution in [0.5, 0.6) is 0 Å². The quantitative estimate of drug-likeness (QED) is 0.645. The molecule has 22 heavy (non-hydrogen) atoms. The average molecular weight is 302 g/mol. The Bertz CT molecular complexity index is 746. The summed E-state index contributed by atoms with van der Waals surface area (Å²) in [7, 11) is 0. The van der Waals surface area contributed by atoms with Gasteiger partial charge in [0.25, 0.3) is 11.4 Å². The van der Waals surface area contributed by atoms with Gasteiger partial charge in [-0.25, -0.2) is 0 Å². The normalized spacial score (nSPS) is 10.1. The third-order valence-electron chi connectivity index (χ3n) is 3.10. The number of hydrazine groups is 1. The number of anilines is 2. The molecule has 114 valence electrons. The summed E-state index contributed by atoms with van der Waals surface area (Å²) in [4.78, 5) is 21.0. The van der Waals surface area contributed by atoms with Crippen LogP contribution < -0.4 is 10.9 Å². The Balaban J connectivity index is 2.22. The zero-order valence-electron chi connectivity index (χ0n) is 12.0. The van der Waals surface area contributed by atoms with Gasteiger partial charge in [0.05, 0.1) is 15.5 Å². The van der Waals surface area contributed by atoms with Crippen molar-refractivity contribution in [1.82, 2.24) is 0 Å². The van der Waals surface area contributed by atoms with E-state index in [9.17, 15) is 20.2 Å². The Morgan fingerprint density at radius 3 is 2.18 bits per heavy atom. The first-order valence-corrected chi connectivity index (χ1v) is 6.40. The average Bonchev–Trinajstić information content (AvgIpc) is 2.46. The number of nitrogens with one attached hydrogen (secondary N) is 2.